The van der Waals surface area contributed by atoms with Crippen molar-refractivity contribution >= 4 is 21.5 Å². The van der Waals surface area contributed by atoms with Crippen molar-refractivity contribution in [2.45, 2.75) is 11.3 Å². The van der Waals surface area contributed by atoms with E-state index in [2.05, 4.69) is 5.32 Å². The Kier molecular flexibility index (Phi) is 4.72. The molecule has 0 bridgehead atoms. The van der Waals surface area contributed by atoms with Gasteiger partial charge >= 0.3 is 0 Å². The summed E-state index contributed by atoms with van der Waals surface area (Å²) >= 11 is 0. The maximum Gasteiger partial charge on any atom is 0.238 e. The number of ketones is 1. The monoisotopic (exact) mass is 304 g/mol. The first-order valence-electron chi connectivity index (χ1n) is 6.42. The minimum Gasteiger partial charge on any atom is -0.385 e. The van der Waals surface area contributed by atoms with Crippen molar-refractivity contribution in [3.8, 4) is 0 Å². The molecule has 110 valence electrons. The molecule has 0 aliphatic heterocycles. The second kappa shape index (κ2) is 6.51. The van der Waals surface area contributed by atoms with Crippen molar-refractivity contribution in [3.63, 3.8) is 0 Å². The van der Waals surface area contributed by atoms with Crippen molar-refractivity contribution in [2.24, 2.45) is 5.14 Å². The topological polar surface area (TPSA) is 89.3 Å². The molecule has 0 radical (unpaired) electrons. The molecule has 6 heteroatoms. The number of carbonyl (C=O) groups is 1. The Morgan fingerprint density at radius 1 is 1.05 bits per heavy atom. The third-order valence-electron chi connectivity index (χ3n) is 2.94. The van der Waals surface area contributed by atoms with Gasteiger partial charge in [-0.15, -0.1) is 0 Å². The van der Waals surface area contributed by atoms with Crippen molar-refractivity contribution in [3.05, 3.63) is 60.2 Å². The Balaban J connectivity index is 1.94. The molecule has 5 nitrogen and oxygen atoms in total. The van der Waals surface area contributed by atoms with Crippen LogP contribution in [0, 0.1) is 0 Å². The highest BCUT2D eigenvalue weighted by atomic mass is 32.2. The summed E-state index contributed by atoms with van der Waals surface area (Å²) in [6, 6.07) is 15.2. The van der Waals surface area contributed by atoms with E-state index in [0.29, 0.717) is 24.2 Å². The number of primary sulfonamides is 1. The average Bonchev–Trinajstić information content (AvgIpc) is 2.47. The molecule has 0 saturated heterocycles. The maximum atomic E-state index is 11.9. The predicted octanol–water partition coefficient (Wildman–Crippen LogP) is 2.02. The number of nitrogens with one attached hydrogen (secondary N) is 1. The van der Waals surface area contributed by atoms with Gasteiger partial charge in [-0.2, -0.15) is 0 Å². The van der Waals surface area contributed by atoms with E-state index in [1.807, 2.05) is 18.2 Å². The third kappa shape index (κ3) is 4.40. The van der Waals surface area contributed by atoms with Crippen molar-refractivity contribution in [1.82, 2.24) is 0 Å². The molecule has 3 N–H and O–H groups in total. The summed E-state index contributed by atoms with van der Waals surface area (Å²) < 4.78 is 22.5. The van der Waals surface area contributed by atoms with Crippen molar-refractivity contribution in [2.75, 3.05) is 11.9 Å². The Labute approximate surface area is 123 Å². The SMILES string of the molecule is NS(=O)(=O)c1cccc(NCCC(=O)c2ccccc2)c1. The van der Waals surface area contributed by atoms with Gasteiger partial charge in [-0.3, -0.25) is 4.79 Å². The van der Waals surface area contributed by atoms with Crippen LogP contribution in [0.4, 0.5) is 5.69 Å². The zero-order chi connectivity index (χ0) is 15.3. The van der Waals surface area contributed by atoms with Gasteiger partial charge in [0.2, 0.25) is 10.0 Å². The smallest absolute Gasteiger partial charge is 0.238 e. The summed E-state index contributed by atoms with van der Waals surface area (Å²) in [5.74, 6) is 0.0331. The molecular formula is C15H16N2O3S. The van der Waals surface area contributed by atoms with E-state index in [0.717, 1.165) is 0 Å². The van der Waals surface area contributed by atoms with Crippen LogP contribution < -0.4 is 10.5 Å². The van der Waals surface area contributed by atoms with Gasteiger partial charge in [-0.05, 0) is 18.2 Å². The summed E-state index contributed by atoms with van der Waals surface area (Å²) in [7, 11) is -3.72. The number of sulfonamides is 1. The highest BCUT2D eigenvalue weighted by molar-refractivity contribution is 7.89. The Morgan fingerprint density at radius 3 is 2.43 bits per heavy atom. The Morgan fingerprint density at radius 2 is 1.76 bits per heavy atom. The van der Waals surface area contributed by atoms with Crippen LogP contribution >= 0.6 is 0 Å². The summed E-state index contributed by atoms with van der Waals surface area (Å²) in [4.78, 5) is 11.9. The van der Waals surface area contributed by atoms with Crippen LogP contribution in [-0.4, -0.2) is 20.7 Å². The Hall–Kier alpha value is -2.18. The lowest BCUT2D eigenvalue weighted by molar-refractivity contribution is 0.0986. The van der Waals surface area contributed by atoms with Gasteiger partial charge in [0.05, 0.1) is 4.90 Å². The van der Waals surface area contributed by atoms with Gasteiger partial charge < -0.3 is 5.32 Å². The standard InChI is InChI=1S/C15H16N2O3S/c16-21(19,20)14-8-4-7-13(11-14)17-10-9-15(18)12-5-2-1-3-6-12/h1-8,11,17H,9-10H2,(H2,16,19,20). The minimum atomic E-state index is -3.72. The molecule has 0 fully saturated rings. The molecule has 0 amide bonds. The molecule has 0 saturated carbocycles. The molecule has 0 aliphatic rings. The molecule has 2 rings (SSSR count). The van der Waals surface area contributed by atoms with Crippen LogP contribution in [0.5, 0.6) is 0 Å². The molecule has 0 atom stereocenters. The molecule has 0 spiro atoms. The second-order valence-corrected chi connectivity index (χ2v) is 6.10. The van der Waals surface area contributed by atoms with Crippen LogP contribution in [0.1, 0.15) is 16.8 Å². The first-order chi connectivity index (χ1) is 9.97. The molecule has 0 aromatic heterocycles. The number of anilines is 1. The van der Waals surface area contributed by atoms with E-state index in [1.165, 1.54) is 12.1 Å². The van der Waals surface area contributed by atoms with E-state index in [-0.39, 0.29) is 10.7 Å². The third-order valence-corrected chi connectivity index (χ3v) is 3.85. The lowest BCUT2D eigenvalue weighted by Crippen LogP contribution is -2.13. The second-order valence-electron chi connectivity index (χ2n) is 4.54. The summed E-state index contributed by atoms with van der Waals surface area (Å²) in [6.07, 6.45) is 0.323. The first-order valence-corrected chi connectivity index (χ1v) is 7.96. The molecule has 2 aromatic rings. The van der Waals surface area contributed by atoms with Crippen molar-refractivity contribution < 1.29 is 13.2 Å². The van der Waals surface area contributed by atoms with Crippen molar-refractivity contribution in [1.29, 1.82) is 0 Å². The molecule has 0 unspecified atom stereocenters. The van der Waals surface area contributed by atoms with Gasteiger partial charge in [0.1, 0.15) is 0 Å². The van der Waals surface area contributed by atoms with Gasteiger partial charge in [0, 0.05) is 24.2 Å². The molecular weight excluding hydrogens is 288 g/mol. The van der Waals surface area contributed by atoms with Gasteiger partial charge in [0.25, 0.3) is 0 Å². The quantitative estimate of drug-likeness (QED) is 0.799. The molecule has 0 heterocycles. The number of benzene rings is 2. The van der Waals surface area contributed by atoms with Gasteiger partial charge in [-0.1, -0.05) is 36.4 Å². The lowest BCUT2D eigenvalue weighted by Gasteiger charge is -2.07. The van der Waals surface area contributed by atoms with E-state index in [1.54, 1.807) is 24.3 Å². The summed E-state index contributed by atoms with van der Waals surface area (Å²) in [5, 5.41) is 8.09. The highest BCUT2D eigenvalue weighted by Gasteiger charge is 2.08. The van der Waals surface area contributed by atoms with Crippen LogP contribution in [0.25, 0.3) is 0 Å². The fourth-order valence-corrected chi connectivity index (χ4v) is 2.43. The average molecular weight is 304 g/mol. The number of rotatable bonds is 6. The minimum absolute atomic E-state index is 0.0331. The number of hydrogen-bond donors (Lipinski definition) is 2. The van der Waals surface area contributed by atoms with E-state index in [9.17, 15) is 13.2 Å². The van der Waals surface area contributed by atoms with Crippen LogP contribution in [-0.2, 0) is 10.0 Å². The van der Waals surface area contributed by atoms with Crippen LogP contribution in [0.2, 0.25) is 0 Å². The highest BCUT2D eigenvalue weighted by Crippen LogP contribution is 2.14. The van der Waals surface area contributed by atoms with Crippen LogP contribution in [0.3, 0.4) is 0 Å². The van der Waals surface area contributed by atoms with Gasteiger partial charge in [-0.25, -0.2) is 13.6 Å². The lowest BCUT2D eigenvalue weighted by atomic mass is 10.1. The summed E-state index contributed by atoms with van der Waals surface area (Å²) in [6.45, 7) is 0.418. The zero-order valence-electron chi connectivity index (χ0n) is 11.3. The zero-order valence-corrected chi connectivity index (χ0v) is 12.1. The Bertz CT molecular complexity index is 728. The maximum absolute atomic E-state index is 11.9. The first kappa shape index (κ1) is 15.2. The normalized spacial score (nSPS) is 11.1. The van der Waals surface area contributed by atoms with Crippen LogP contribution in [0.15, 0.2) is 59.5 Å². The molecule has 21 heavy (non-hydrogen) atoms. The van der Waals surface area contributed by atoms with E-state index < -0.39 is 10.0 Å². The number of Topliss-reactive ketones (excluding diaryl/α,β-unsaturated/α-hetero) is 1. The summed E-state index contributed by atoms with van der Waals surface area (Å²) in [5.41, 5.74) is 1.28. The number of carbonyl (C=O) groups excluding carboxylic acids is 1. The number of hydrogen-bond acceptors (Lipinski definition) is 4. The largest absolute Gasteiger partial charge is 0.385 e. The van der Waals surface area contributed by atoms with E-state index >= 15 is 0 Å². The molecule has 2 aromatic carbocycles. The number of nitrogens with two attached hydrogens (primary N) is 1. The fraction of sp³-hybridized carbons (Fsp3) is 0.133. The van der Waals surface area contributed by atoms with E-state index in [4.69, 9.17) is 5.14 Å². The van der Waals surface area contributed by atoms with Gasteiger partial charge in [0.15, 0.2) is 5.78 Å². The molecule has 0 aliphatic carbocycles. The fourth-order valence-electron chi connectivity index (χ4n) is 1.87. The predicted molar refractivity (Wildman–Crippen MR) is 81.7 cm³/mol.